The molecule has 5 nitrogen and oxygen atoms in total. The molecule has 1 unspecified atom stereocenters. The number of amides is 2. The van der Waals surface area contributed by atoms with E-state index < -0.39 is 6.04 Å². The lowest BCUT2D eigenvalue weighted by atomic mass is 10.2. The minimum absolute atomic E-state index is 0.282. The van der Waals surface area contributed by atoms with E-state index in [0.29, 0.717) is 11.4 Å². The van der Waals surface area contributed by atoms with Crippen molar-refractivity contribution < 1.29 is 9.59 Å². The number of aryl methyl sites for hydroxylation is 1. The van der Waals surface area contributed by atoms with E-state index in [1.54, 1.807) is 43.5 Å². The number of carbonyl (C=O) groups excluding carboxylic acids is 2. The van der Waals surface area contributed by atoms with E-state index in [9.17, 15) is 9.59 Å². The first-order valence-electron chi connectivity index (χ1n) is 6.65. The summed E-state index contributed by atoms with van der Waals surface area (Å²) >= 11 is 0. The lowest BCUT2D eigenvalue weighted by Gasteiger charge is -2.14. The summed E-state index contributed by atoms with van der Waals surface area (Å²) in [5.74, 6) is -0.117. The SMILES string of the molecule is Cc1ccnc(NC(=O)C(C)NC(=O)c2ccccc2)c1. The summed E-state index contributed by atoms with van der Waals surface area (Å²) in [4.78, 5) is 28.0. The maximum Gasteiger partial charge on any atom is 0.251 e. The van der Waals surface area contributed by atoms with Gasteiger partial charge in [0.05, 0.1) is 0 Å². The predicted molar refractivity (Wildman–Crippen MR) is 81.0 cm³/mol. The van der Waals surface area contributed by atoms with Crippen LogP contribution in [-0.2, 0) is 4.79 Å². The van der Waals surface area contributed by atoms with E-state index >= 15 is 0 Å². The summed E-state index contributed by atoms with van der Waals surface area (Å²) in [6.45, 7) is 3.55. The van der Waals surface area contributed by atoms with E-state index in [1.165, 1.54) is 0 Å². The predicted octanol–water partition coefficient (Wildman–Crippen LogP) is 2.15. The molecule has 0 spiro atoms. The van der Waals surface area contributed by atoms with Crippen LogP contribution in [0.2, 0.25) is 0 Å². The van der Waals surface area contributed by atoms with Gasteiger partial charge in [-0.2, -0.15) is 0 Å². The van der Waals surface area contributed by atoms with Gasteiger partial charge in [-0.1, -0.05) is 18.2 Å². The number of aromatic nitrogens is 1. The zero-order valence-corrected chi connectivity index (χ0v) is 12.0. The molecule has 1 aromatic carbocycles. The molecule has 0 radical (unpaired) electrons. The first-order valence-corrected chi connectivity index (χ1v) is 6.65. The van der Waals surface area contributed by atoms with Crippen LogP contribution in [0.5, 0.6) is 0 Å². The summed E-state index contributed by atoms with van der Waals surface area (Å²) in [7, 11) is 0. The van der Waals surface area contributed by atoms with Crippen molar-refractivity contribution in [1.29, 1.82) is 0 Å². The summed E-state index contributed by atoms with van der Waals surface area (Å²) < 4.78 is 0. The van der Waals surface area contributed by atoms with E-state index in [2.05, 4.69) is 15.6 Å². The highest BCUT2D eigenvalue weighted by Gasteiger charge is 2.16. The highest BCUT2D eigenvalue weighted by atomic mass is 16.2. The molecule has 5 heteroatoms. The summed E-state index contributed by atoms with van der Waals surface area (Å²) in [5.41, 5.74) is 1.52. The lowest BCUT2D eigenvalue weighted by Crippen LogP contribution is -2.41. The van der Waals surface area contributed by atoms with Crippen LogP contribution in [0.4, 0.5) is 5.82 Å². The molecule has 21 heavy (non-hydrogen) atoms. The average molecular weight is 283 g/mol. The number of hydrogen-bond donors (Lipinski definition) is 2. The molecule has 0 fully saturated rings. The first kappa shape index (κ1) is 14.7. The number of benzene rings is 1. The number of pyridine rings is 1. The van der Waals surface area contributed by atoms with Gasteiger partial charge >= 0.3 is 0 Å². The molecule has 0 aliphatic heterocycles. The zero-order chi connectivity index (χ0) is 15.2. The van der Waals surface area contributed by atoms with Gasteiger partial charge in [-0.3, -0.25) is 9.59 Å². The molecule has 2 rings (SSSR count). The van der Waals surface area contributed by atoms with Gasteiger partial charge in [0.25, 0.3) is 5.91 Å². The van der Waals surface area contributed by atoms with Gasteiger partial charge in [-0.05, 0) is 43.7 Å². The molecular formula is C16H17N3O2. The fraction of sp³-hybridized carbons (Fsp3) is 0.188. The second kappa shape index (κ2) is 6.65. The Morgan fingerprint density at radius 3 is 2.52 bits per heavy atom. The Hall–Kier alpha value is -2.69. The molecule has 2 aromatic rings. The van der Waals surface area contributed by atoms with Crippen molar-refractivity contribution in [2.75, 3.05) is 5.32 Å². The number of hydrogen-bond acceptors (Lipinski definition) is 3. The van der Waals surface area contributed by atoms with Crippen molar-refractivity contribution in [3.8, 4) is 0 Å². The van der Waals surface area contributed by atoms with Crippen LogP contribution in [0.3, 0.4) is 0 Å². The van der Waals surface area contributed by atoms with Gasteiger partial charge in [0.2, 0.25) is 5.91 Å². The Morgan fingerprint density at radius 1 is 1.14 bits per heavy atom. The number of rotatable bonds is 4. The van der Waals surface area contributed by atoms with Crippen molar-refractivity contribution in [3.63, 3.8) is 0 Å². The van der Waals surface area contributed by atoms with Crippen LogP contribution >= 0.6 is 0 Å². The molecule has 1 atom stereocenters. The number of nitrogens with zero attached hydrogens (tertiary/aromatic N) is 1. The van der Waals surface area contributed by atoms with Crippen molar-refractivity contribution in [3.05, 3.63) is 59.8 Å². The second-order valence-electron chi connectivity index (χ2n) is 4.77. The molecule has 1 aromatic heterocycles. The molecule has 1 heterocycles. The Morgan fingerprint density at radius 2 is 1.86 bits per heavy atom. The molecular weight excluding hydrogens is 266 g/mol. The van der Waals surface area contributed by atoms with Gasteiger partial charge in [-0.25, -0.2) is 4.98 Å². The van der Waals surface area contributed by atoms with Gasteiger partial charge < -0.3 is 10.6 Å². The standard InChI is InChI=1S/C16H17N3O2/c1-11-8-9-17-14(10-11)19-15(20)12(2)18-16(21)13-6-4-3-5-7-13/h3-10,12H,1-2H3,(H,18,21)(H,17,19,20). The van der Waals surface area contributed by atoms with Gasteiger partial charge in [0, 0.05) is 11.8 Å². The average Bonchev–Trinajstić information content (AvgIpc) is 2.48. The van der Waals surface area contributed by atoms with Gasteiger partial charge in [0.1, 0.15) is 11.9 Å². The molecule has 0 aliphatic rings. The Balaban J connectivity index is 1.95. The van der Waals surface area contributed by atoms with Crippen LogP contribution in [0.25, 0.3) is 0 Å². The van der Waals surface area contributed by atoms with Gasteiger partial charge in [0.15, 0.2) is 0 Å². The molecule has 2 amide bonds. The minimum atomic E-state index is -0.653. The smallest absolute Gasteiger partial charge is 0.251 e. The first-order chi connectivity index (χ1) is 10.1. The number of anilines is 1. The third-order valence-corrected chi connectivity index (χ3v) is 2.94. The van der Waals surface area contributed by atoms with Crippen molar-refractivity contribution in [2.24, 2.45) is 0 Å². The van der Waals surface area contributed by atoms with Crippen molar-refractivity contribution in [2.45, 2.75) is 19.9 Å². The molecule has 2 N–H and O–H groups in total. The lowest BCUT2D eigenvalue weighted by molar-refractivity contribution is -0.117. The highest BCUT2D eigenvalue weighted by molar-refractivity contribution is 6.00. The van der Waals surface area contributed by atoms with E-state index in [-0.39, 0.29) is 11.8 Å². The molecule has 0 bridgehead atoms. The monoisotopic (exact) mass is 283 g/mol. The zero-order valence-electron chi connectivity index (χ0n) is 12.0. The fourth-order valence-corrected chi connectivity index (χ4v) is 1.77. The molecule has 108 valence electrons. The van der Waals surface area contributed by atoms with Crippen LogP contribution in [0.15, 0.2) is 48.7 Å². The topological polar surface area (TPSA) is 71.1 Å². The Kier molecular flexibility index (Phi) is 4.66. The summed E-state index contributed by atoms with van der Waals surface area (Å²) in [5, 5.41) is 5.33. The van der Waals surface area contributed by atoms with Crippen LogP contribution in [-0.4, -0.2) is 22.8 Å². The largest absolute Gasteiger partial charge is 0.341 e. The van der Waals surface area contributed by atoms with E-state index in [4.69, 9.17) is 0 Å². The maximum absolute atomic E-state index is 12.0. The quantitative estimate of drug-likeness (QED) is 0.903. The summed E-state index contributed by atoms with van der Waals surface area (Å²) in [6.07, 6.45) is 1.62. The minimum Gasteiger partial charge on any atom is -0.341 e. The molecule has 0 saturated heterocycles. The van der Waals surface area contributed by atoms with Crippen molar-refractivity contribution >= 4 is 17.6 Å². The number of nitrogens with one attached hydrogen (secondary N) is 2. The van der Waals surface area contributed by atoms with Crippen molar-refractivity contribution in [1.82, 2.24) is 10.3 Å². The van der Waals surface area contributed by atoms with Crippen LogP contribution in [0.1, 0.15) is 22.8 Å². The number of carbonyl (C=O) groups is 2. The third kappa shape index (κ3) is 4.14. The third-order valence-electron chi connectivity index (χ3n) is 2.94. The molecule has 0 saturated carbocycles. The summed E-state index contributed by atoms with van der Waals surface area (Å²) in [6, 6.07) is 11.7. The van der Waals surface area contributed by atoms with E-state index in [0.717, 1.165) is 5.56 Å². The second-order valence-corrected chi connectivity index (χ2v) is 4.77. The highest BCUT2D eigenvalue weighted by Crippen LogP contribution is 2.06. The molecule has 0 aliphatic carbocycles. The Labute approximate surface area is 123 Å². The Bertz CT molecular complexity index is 641. The van der Waals surface area contributed by atoms with E-state index in [1.807, 2.05) is 19.1 Å². The van der Waals surface area contributed by atoms with Crippen LogP contribution in [0, 0.1) is 6.92 Å². The van der Waals surface area contributed by atoms with Crippen LogP contribution < -0.4 is 10.6 Å². The maximum atomic E-state index is 12.0. The normalized spacial score (nSPS) is 11.5. The van der Waals surface area contributed by atoms with Gasteiger partial charge in [-0.15, -0.1) is 0 Å². The fourth-order valence-electron chi connectivity index (χ4n) is 1.77.